The zero-order chi connectivity index (χ0) is 20.5. The molecule has 29 heavy (non-hydrogen) atoms. The van der Waals surface area contributed by atoms with E-state index in [0.29, 0.717) is 16.7 Å². The number of halogens is 2. The summed E-state index contributed by atoms with van der Waals surface area (Å²) in [4.78, 5) is 7.07. The molecule has 2 aromatic heterocycles. The van der Waals surface area contributed by atoms with E-state index in [9.17, 15) is 4.39 Å². The van der Waals surface area contributed by atoms with Crippen LogP contribution in [-0.4, -0.2) is 20.5 Å². The lowest BCUT2D eigenvalue weighted by atomic mass is 10.1. The van der Waals surface area contributed by atoms with Gasteiger partial charge in [-0.3, -0.25) is 0 Å². The Bertz CT molecular complexity index is 1150. The van der Waals surface area contributed by atoms with E-state index in [1.165, 1.54) is 21.4 Å². The van der Waals surface area contributed by atoms with Crippen molar-refractivity contribution in [3.05, 3.63) is 64.2 Å². The normalized spacial score (nSPS) is 11.2. The van der Waals surface area contributed by atoms with Crippen LogP contribution in [0.1, 0.15) is 12.5 Å². The van der Waals surface area contributed by atoms with E-state index in [0.717, 1.165) is 16.9 Å². The van der Waals surface area contributed by atoms with Gasteiger partial charge in [-0.05, 0) is 48.1 Å². The number of thiophene rings is 1. The summed E-state index contributed by atoms with van der Waals surface area (Å²) >= 11 is 9.70. The molecule has 2 heterocycles. The molecule has 0 bridgehead atoms. The van der Waals surface area contributed by atoms with E-state index >= 15 is 0 Å². The largest absolute Gasteiger partial charge is 0.248 e. The number of rotatable bonds is 5. The van der Waals surface area contributed by atoms with Gasteiger partial charge >= 0.3 is 0 Å². The number of benzene rings is 2. The Morgan fingerprint density at radius 2 is 1.93 bits per heavy atom. The molecular weight excluding hydrogens is 425 g/mol. The zero-order valence-corrected chi connectivity index (χ0v) is 18.6. The summed E-state index contributed by atoms with van der Waals surface area (Å²) in [5, 5.41) is 6.80. The summed E-state index contributed by atoms with van der Waals surface area (Å²) in [7, 11) is 1.81. The van der Waals surface area contributed by atoms with Crippen LogP contribution in [-0.2, 0) is 7.05 Å². The number of nitrogens with zero attached hydrogens (tertiary/aromatic N) is 3. The molecule has 2 aromatic carbocycles. The molecular formula is C22H19ClFN3S2. The number of aryl methyl sites for hydroxylation is 1. The topological polar surface area (TPSA) is 30.7 Å². The van der Waals surface area contributed by atoms with Crippen LogP contribution in [0.4, 0.5) is 4.39 Å². The molecule has 0 aliphatic heterocycles. The summed E-state index contributed by atoms with van der Waals surface area (Å²) < 4.78 is 16.0. The van der Waals surface area contributed by atoms with Gasteiger partial charge in [-0.1, -0.05) is 36.7 Å². The van der Waals surface area contributed by atoms with Crippen LogP contribution in [0.3, 0.4) is 0 Å². The predicted molar refractivity (Wildman–Crippen MR) is 121 cm³/mol. The minimum atomic E-state index is -0.428. The highest BCUT2D eigenvalue weighted by Gasteiger charge is 2.20. The van der Waals surface area contributed by atoms with Gasteiger partial charge in [-0.2, -0.15) is 5.10 Å². The molecule has 0 saturated carbocycles. The standard InChI is InChI=1S/C22H19ClFN3S2/c1-4-28-15-10-8-14(9-11-15)20-13(2)16(12-29-20)22-25-21(26-27(22)3)19-17(23)6-5-7-18(19)24/h5-12H,4H2,1-3H3. The van der Waals surface area contributed by atoms with Crippen molar-refractivity contribution in [1.82, 2.24) is 14.8 Å². The molecule has 0 N–H and O–H groups in total. The third-order valence-electron chi connectivity index (χ3n) is 4.66. The first-order valence-corrected chi connectivity index (χ1v) is 11.4. The SMILES string of the molecule is CCSc1ccc(-c2scc(-c3nc(-c4c(F)cccc4Cl)nn3C)c2C)cc1. The smallest absolute Gasteiger partial charge is 0.186 e. The lowest BCUT2D eigenvalue weighted by Crippen LogP contribution is -1.95. The molecule has 0 atom stereocenters. The van der Waals surface area contributed by atoms with Crippen LogP contribution in [0, 0.1) is 12.7 Å². The van der Waals surface area contributed by atoms with Crippen molar-refractivity contribution in [2.75, 3.05) is 5.75 Å². The maximum absolute atomic E-state index is 14.3. The van der Waals surface area contributed by atoms with Crippen molar-refractivity contribution in [2.45, 2.75) is 18.7 Å². The highest BCUT2D eigenvalue weighted by Crippen LogP contribution is 2.38. The fraction of sp³-hybridized carbons (Fsp3) is 0.182. The van der Waals surface area contributed by atoms with Crippen LogP contribution in [0.5, 0.6) is 0 Å². The van der Waals surface area contributed by atoms with E-state index in [-0.39, 0.29) is 5.56 Å². The second kappa shape index (κ2) is 8.30. The second-order valence-corrected chi connectivity index (χ2v) is 9.16. The summed E-state index contributed by atoms with van der Waals surface area (Å²) in [6.07, 6.45) is 0. The first-order valence-electron chi connectivity index (χ1n) is 9.16. The summed E-state index contributed by atoms with van der Waals surface area (Å²) in [5.41, 5.74) is 3.53. The van der Waals surface area contributed by atoms with Crippen LogP contribution in [0.25, 0.3) is 33.2 Å². The van der Waals surface area contributed by atoms with Crippen LogP contribution < -0.4 is 0 Å². The number of hydrogen-bond donors (Lipinski definition) is 0. The maximum Gasteiger partial charge on any atom is 0.186 e. The van der Waals surface area contributed by atoms with Gasteiger partial charge in [-0.25, -0.2) is 14.1 Å². The third kappa shape index (κ3) is 3.84. The molecule has 0 spiro atoms. The lowest BCUT2D eigenvalue weighted by Gasteiger charge is -2.04. The van der Waals surface area contributed by atoms with Crippen LogP contribution >= 0.6 is 34.7 Å². The van der Waals surface area contributed by atoms with E-state index in [1.54, 1.807) is 28.2 Å². The highest BCUT2D eigenvalue weighted by atomic mass is 35.5. The Hall–Kier alpha value is -2.15. The van der Waals surface area contributed by atoms with E-state index < -0.39 is 5.82 Å². The molecule has 4 aromatic rings. The monoisotopic (exact) mass is 443 g/mol. The van der Waals surface area contributed by atoms with Crippen molar-refractivity contribution in [3.63, 3.8) is 0 Å². The fourth-order valence-corrected chi connectivity index (χ4v) is 5.21. The fourth-order valence-electron chi connectivity index (χ4n) is 3.23. The van der Waals surface area contributed by atoms with Crippen LogP contribution in [0.15, 0.2) is 52.7 Å². The quantitative estimate of drug-likeness (QED) is 0.308. The van der Waals surface area contributed by atoms with Gasteiger partial charge in [0.2, 0.25) is 0 Å². The predicted octanol–water partition coefficient (Wildman–Crippen LogP) is 7.09. The van der Waals surface area contributed by atoms with Gasteiger partial charge in [0, 0.05) is 27.8 Å². The van der Waals surface area contributed by atoms with Gasteiger partial charge in [0.25, 0.3) is 0 Å². The Morgan fingerprint density at radius 1 is 1.17 bits per heavy atom. The van der Waals surface area contributed by atoms with Crippen molar-refractivity contribution in [3.8, 4) is 33.2 Å². The molecule has 0 fully saturated rings. The average molecular weight is 444 g/mol. The molecule has 0 unspecified atom stereocenters. The molecule has 3 nitrogen and oxygen atoms in total. The Labute approximate surface area is 182 Å². The van der Waals surface area contributed by atoms with E-state index in [2.05, 4.69) is 53.6 Å². The Balaban J connectivity index is 1.73. The van der Waals surface area contributed by atoms with Gasteiger partial charge in [0.1, 0.15) is 5.82 Å². The molecule has 0 aliphatic rings. The van der Waals surface area contributed by atoms with Crippen molar-refractivity contribution >= 4 is 34.7 Å². The van der Waals surface area contributed by atoms with Crippen molar-refractivity contribution in [2.24, 2.45) is 7.05 Å². The number of thioether (sulfide) groups is 1. The highest BCUT2D eigenvalue weighted by molar-refractivity contribution is 7.99. The minimum Gasteiger partial charge on any atom is -0.248 e. The second-order valence-electron chi connectivity index (χ2n) is 6.54. The molecule has 4 rings (SSSR count). The zero-order valence-electron chi connectivity index (χ0n) is 16.2. The lowest BCUT2D eigenvalue weighted by molar-refractivity contribution is 0.629. The molecule has 0 aliphatic carbocycles. The number of aromatic nitrogens is 3. The summed E-state index contributed by atoms with van der Waals surface area (Å²) in [5.74, 6) is 1.61. The van der Waals surface area contributed by atoms with Gasteiger partial charge in [0.05, 0.1) is 10.6 Å². The van der Waals surface area contributed by atoms with Gasteiger partial charge in [0.15, 0.2) is 11.6 Å². The molecule has 148 valence electrons. The summed E-state index contributed by atoms with van der Waals surface area (Å²) in [6.45, 7) is 4.23. The third-order valence-corrected chi connectivity index (χ3v) is 7.00. The van der Waals surface area contributed by atoms with Crippen LogP contribution in [0.2, 0.25) is 5.02 Å². The molecule has 0 amide bonds. The maximum atomic E-state index is 14.3. The van der Waals surface area contributed by atoms with Gasteiger partial charge in [-0.15, -0.1) is 23.1 Å². The molecule has 0 saturated heterocycles. The average Bonchev–Trinajstić information content (AvgIpc) is 3.25. The minimum absolute atomic E-state index is 0.230. The van der Waals surface area contributed by atoms with Gasteiger partial charge < -0.3 is 0 Å². The van der Waals surface area contributed by atoms with Crippen molar-refractivity contribution in [1.29, 1.82) is 0 Å². The van der Waals surface area contributed by atoms with E-state index in [1.807, 2.05) is 18.8 Å². The first-order chi connectivity index (χ1) is 14.0. The molecule has 0 radical (unpaired) electrons. The Kier molecular flexibility index (Phi) is 5.76. The summed E-state index contributed by atoms with van der Waals surface area (Å²) in [6, 6.07) is 13.2. The first kappa shape index (κ1) is 20.1. The number of hydrogen-bond acceptors (Lipinski definition) is 4. The molecule has 7 heteroatoms. The van der Waals surface area contributed by atoms with E-state index in [4.69, 9.17) is 11.6 Å². The Morgan fingerprint density at radius 3 is 2.62 bits per heavy atom. The van der Waals surface area contributed by atoms with Crippen molar-refractivity contribution < 1.29 is 4.39 Å².